The van der Waals surface area contributed by atoms with Crippen molar-refractivity contribution >= 4 is 35.1 Å². The number of halogens is 2. The highest BCUT2D eigenvalue weighted by molar-refractivity contribution is 6.35. The zero-order valence-electron chi connectivity index (χ0n) is 10.9. The topological polar surface area (TPSA) is 84.9 Å². The molecular weight excluding hydrogens is 321 g/mol. The number of carboxylic acid groups (broad SMARTS) is 1. The minimum Gasteiger partial charge on any atom is -0.482 e. The highest BCUT2D eigenvalue weighted by Gasteiger charge is 2.43. The van der Waals surface area contributed by atoms with Crippen LogP contribution in [0.2, 0.25) is 10.0 Å². The number of aliphatic carboxylic acids is 1. The van der Waals surface area contributed by atoms with Crippen LogP contribution in [-0.4, -0.2) is 42.3 Å². The lowest BCUT2D eigenvalue weighted by Crippen LogP contribution is -2.56. The van der Waals surface area contributed by atoms with E-state index in [9.17, 15) is 14.7 Å². The smallest absolute Gasteiger partial charge is 0.331 e. The first-order chi connectivity index (χ1) is 9.93. The molecule has 1 aliphatic rings. The number of carbonyl (C=O) groups excluding carboxylic acids is 1. The Morgan fingerprint density at radius 1 is 1.43 bits per heavy atom. The van der Waals surface area contributed by atoms with Crippen LogP contribution in [0.5, 0.6) is 5.75 Å². The predicted octanol–water partition coefficient (Wildman–Crippen LogP) is 1.73. The molecule has 1 unspecified atom stereocenters. The van der Waals surface area contributed by atoms with Gasteiger partial charge in [-0.2, -0.15) is 0 Å². The fraction of sp³-hybridized carbons (Fsp3) is 0.385. The van der Waals surface area contributed by atoms with Crippen LogP contribution in [0.3, 0.4) is 0 Å². The van der Waals surface area contributed by atoms with Crippen molar-refractivity contribution in [1.29, 1.82) is 0 Å². The van der Waals surface area contributed by atoms with Crippen molar-refractivity contribution in [2.45, 2.75) is 12.0 Å². The number of hydrogen-bond donors (Lipinski definition) is 2. The maximum Gasteiger partial charge on any atom is 0.331 e. The van der Waals surface area contributed by atoms with E-state index < -0.39 is 17.4 Å². The van der Waals surface area contributed by atoms with E-state index in [1.54, 1.807) is 6.07 Å². The maximum absolute atomic E-state index is 11.8. The molecule has 2 N–H and O–H groups in total. The van der Waals surface area contributed by atoms with E-state index in [0.717, 1.165) is 0 Å². The van der Waals surface area contributed by atoms with Crippen LogP contribution in [0, 0.1) is 0 Å². The van der Waals surface area contributed by atoms with Crippen molar-refractivity contribution in [2.75, 3.05) is 19.8 Å². The molecule has 0 bridgehead atoms. The second-order valence-corrected chi connectivity index (χ2v) is 5.45. The predicted molar refractivity (Wildman–Crippen MR) is 75.9 cm³/mol. The van der Waals surface area contributed by atoms with E-state index in [0.29, 0.717) is 10.8 Å². The fourth-order valence-corrected chi connectivity index (χ4v) is 2.39. The Bertz CT molecular complexity index is 557. The standard InChI is InChI=1S/C13H13Cl2NO5/c14-8-1-2-10(9(15)5-8)21-6-11(17)16-13(12(18)19)3-4-20-7-13/h1-2,5H,3-4,6-7H2,(H,16,17)(H,18,19). The first kappa shape index (κ1) is 15.9. The van der Waals surface area contributed by atoms with E-state index in [2.05, 4.69) is 5.32 Å². The summed E-state index contributed by atoms with van der Waals surface area (Å²) < 4.78 is 10.3. The lowest BCUT2D eigenvalue weighted by Gasteiger charge is -2.23. The summed E-state index contributed by atoms with van der Waals surface area (Å²) in [5.74, 6) is -1.39. The van der Waals surface area contributed by atoms with E-state index in [4.69, 9.17) is 32.7 Å². The van der Waals surface area contributed by atoms with Crippen LogP contribution >= 0.6 is 23.2 Å². The van der Waals surface area contributed by atoms with Gasteiger partial charge in [0.05, 0.1) is 11.6 Å². The van der Waals surface area contributed by atoms with Crippen molar-refractivity contribution in [3.63, 3.8) is 0 Å². The second kappa shape index (κ2) is 6.51. The van der Waals surface area contributed by atoms with Gasteiger partial charge in [0.15, 0.2) is 12.1 Å². The van der Waals surface area contributed by atoms with Gasteiger partial charge >= 0.3 is 5.97 Å². The lowest BCUT2D eigenvalue weighted by molar-refractivity contribution is -0.148. The number of rotatable bonds is 5. The first-order valence-electron chi connectivity index (χ1n) is 6.13. The van der Waals surface area contributed by atoms with Gasteiger partial charge in [0.1, 0.15) is 5.75 Å². The van der Waals surface area contributed by atoms with Crippen LogP contribution in [0.4, 0.5) is 0 Å². The average molecular weight is 334 g/mol. The molecule has 1 aromatic carbocycles. The Labute approximate surface area is 130 Å². The van der Waals surface area contributed by atoms with E-state index >= 15 is 0 Å². The summed E-state index contributed by atoms with van der Waals surface area (Å²) >= 11 is 11.7. The molecule has 0 aliphatic carbocycles. The minimum absolute atomic E-state index is 0.0597. The number of ether oxygens (including phenoxy) is 2. The summed E-state index contributed by atoms with van der Waals surface area (Å²) in [6.07, 6.45) is 0.218. The number of nitrogens with one attached hydrogen (secondary N) is 1. The third-order valence-electron chi connectivity index (χ3n) is 3.06. The molecule has 2 rings (SSSR count). The third-order valence-corrected chi connectivity index (χ3v) is 3.59. The molecule has 8 heteroatoms. The molecule has 1 saturated heterocycles. The molecule has 1 amide bonds. The van der Waals surface area contributed by atoms with Crippen molar-refractivity contribution in [3.8, 4) is 5.75 Å². The van der Waals surface area contributed by atoms with Gasteiger partial charge in [-0.3, -0.25) is 4.79 Å². The van der Waals surface area contributed by atoms with Crippen molar-refractivity contribution < 1.29 is 24.2 Å². The highest BCUT2D eigenvalue weighted by Crippen LogP contribution is 2.27. The summed E-state index contributed by atoms with van der Waals surface area (Å²) in [7, 11) is 0. The van der Waals surface area contributed by atoms with Gasteiger partial charge in [0.25, 0.3) is 5.91 Å². The summed E-state index contributed by atoms with van der Waals surface area (Å²) in [5, 5.41) is 12.4. The van der Waals surface area contributed by atoms with Crippen LogP contribution in [0.1, 0.15) is 6.42 Å². The monoisotopic (exact) mass is 333 g/mol. The van der Waals surface area contributed by atoms with E-state index in [-0.39, 0.29) is 31.3 Å². The Kier molecular flexibility index (Phi) is 4.92. The molecule has 0 saturated carbocycles. The number of benzene rings is 1. The van der Waals surface area contributed by atoms with Gasteiger partial charge < -0.3 is 19.9 Å². The van der Waals surface area contributed by atoms with Crippen molar-refractivity contribution in [1.82, 2.24) is 5.32 Å². The zero-order valence-corrected chi connectivity index (χ0v) is 12.4. The molecule has 0 spiro atoms. The highest BCUT2D eigenvalue weighted by atomic mass is 35.5. The Morgan fingerprint density at radius 3 is 2.76 bits per heavy atom. The molecule has 114 valence electrons. The maximum atomic E-state index is 11.8. The summed E-state index contributed by atoms with van der Waals surface area (Å²) in [5.41, 5.74) is -1.38. The number of hydrogen-bond acceptors (Lipinski definition) is 4. The summed E-state index contributed by atoms with van der Waals surface area (Å²) in [6, 6.07) is 4.59. The second-order valence-electron chi connectivity index (χ2n) is 4.60. The van der Waals surface area contributed by atoms with Gasteiger partial charge in [-0.25, -0.2) is 4.79 Å². The molecule has 1 heterocycles. The average Bonchev–Trinajstić information content (AvgIpc) is 2.87. The number of carboxylic acids is 1. The molecule has 1 aromatic rings. The number of carbonyl (C=O) groups is 2. The van der Waals surface area contributed by atoms with Gasteiger partial charge in [-0.1, -0.05) is 23.2 Å². The summed E-state index contributed by atoms with van der Waals surface area (Å²) in [4.78, 5) is 23.1. The van der Waals surface area contributed by atoms with E-state index in [1.807, 2.05) is 0 Å². The van der Waals surface area contributed by atoms with Gasteiger partial charge in [-0.15, -0.1) is 0 Å². The largest absolute Gasteiger partial charge is 0.482 e. The first-order valence-corrected chi connectivity index (χ1v) is 6.88. The normalized spacial score (nSPS) is 21.0. The Hall–Kier alpha value is -1.50. The zero-order chi connectivity index (χ0) is 15.5. The fourth-order valence-electron chi connectivity index (χ4n) is 1.92. The SMILES string of the molecule is O=C(COc1ccc(Cl)cc1Cl)NC1(C(=O)O)CCOC1. The molecule has 21 heavy (non-hydrogen) atoms. The van der Waals surface area contributed by atoms with Crippen molar-refractivity contribution in [2.24, 2.45) is 0 Å². The third kappa shape index (κ3) is 3.78. The molecule has 0 aromatic heterocycles. The lowest BCUT2D eigenvalue weighted by atomic mass is 9.99. The van der Waals surface area contributed by atoms with Gasteiger partial charge in [0.2, 0.25) is 0 Å². The van der Waals surface area contributed by atoms with Crippen molar-refractivity contribution in [3.05, 3.63) is 28.2 Å². The molecule has 0 radical (unpaired) electrons. The molecule has 1 fully saturated rings. The Morgan fingerprint density at radius 2 is 2.19 bits per heavy atom. The Balaban J connectivity index is 1.94. The molecule has 1 aliphatic heterocycles. The summed E-state index contributed by atoms with van der Waals surface area (Å²) in [6.45, 7) is -0.122. The van der Waals surface area contributed by atoms with Gasteiger partial charge in [-0.05, 0) is 18.2 Å². The minimum atomic E-state index is -1.38. The van der Waals surface area contributed by atoms with Crippen LogP contribution in [-0.2, 0) is 14.3 Å². The number of amides is 1. The van der Waals surface area contributed by atoms with E-state index in [1.165, 1.54) is 12.1 Å². The molecular formula is C13H13Cl2NO5. The molecule has 6 nitrogen and oxygen atoms in total. The van der Waals surface area contributed by atoms with Gasteiger partial charge in [0, 0.05) is 18.1 Å². The van der Waals surface area contributed by atoms with Crippen LogP contribution < -0.4 is 10.1 Å². The van der Waals surface area contributed by atoms with Crippen LogP contribution in [0.25, 0.3) is 0 Å². The quantitative estimate of drug-likeness (QED) is 0.857. The molecule has 1 atom stereocenters. The van der Waals surface area contributed by atoms with Crippen LogP contribution in [0.15, 0.2) is 18.2 Å².